The summed E-state index contributed by atoms with van der Waals surface area (Å²) in [6.45, 7) is 0. The first-order chi connectivity index (χ1) is 7.16. The van der Waals surface area contributed by atoms with Gasteiger partial charge in [-0.1, -0.05) is 6.07 Å². The molecule has 1 aromatic rings. The van der Waals surface area contributed by atoms with Gasteiger partial charge in [0, 0.05) is 18.2 Å². The molecule has 2 N–H and O–H groups in total. The Bertz CT molecular complexity index is 390. The summed E-state index contributed by atoms with van der Waals surface area (Å²) in [6, 6.07) is 5.37. The van der Waals surface area contributed by atoms with E-state index in [1.165, 1.54) is 5.56 Å². The zero-order valence-electron chi connectivity index (χ0n) is 8.48. The van der Waals surface area contributed by atoms with E-state index < -0.39 is 0 Å². The molecule has 1 aromatic carbocycles. The van der Waals surface area contributed by atoms with Gasteiger partial charge in [-0.3, -0.25) is 10.1 Å². The van der Waals surface area contributed by atoms with Crippen LogP contribution in [0.2, 0.25) is 0 Å². The maximum Gasteiger partial charge on any atom is 0.269 e. The Balaban J connectivity index is 2.32. The molecule has 0 spiro atoms. The molecular formula is C11H14N2O2. The summed E-state index contributed by atoms with van der Waals surface area (Å²) < 4.78 is 0. The number of hydrogen-bond donors (Lipinski definition) is 1. The van der Waals surface area contributed by atoms with Gasteiger partial charge in [-0.05, 0) is 36.8 Å². The molecule has 0 unspecified atom stereocenters. The lowest BCUT2D eigenvalue weighted by molar-refractivity contribution is -0.384. The number of nitro groups is 1. The van der Waals surface area contributed by atoms with Crippen molar-refractivity contribution in [1.82, 2.24) is 0 Å². The second-order valence-electron chi connectivity index (χ2n) is 4.05. The highest BCUT2D eigenvalue weighted by Crippen LogP contribution is 2.24. The summed E-state index contributed by atoms with van der Waals surface area (Å²) in [6.07, 6.45) is 3.70. The van der Waals surface area contributed by atoms with Crippen molar-refractivity contribution in [2.75, 3.05) is 0 Å². The van der Waals surface area contributed by atoms with Crippen LogP contribution in [0.5, 0.6) is 0 Å². The van der Waals surface area contributed by atoms with Crippen molar-refractivity contribution in [2.24, 2.45) is 5.73 Å². The number of aryl methyl sites for hydroxylation is 2. The molecule has 0 saturated carbocycles. The largest absolute Gasteiger partial charge is 0.328 e. The van der Waals surface area contributed by atoms with Crippen LogP contribution in [0.1, 0.15) is 24.0 Å². The van der Waals surface area contributed by atoms with Gasteiger partial charge in [0.15, 0.2) is 0 Å². The number of non-ortho nitro benzene ring substituents is 1. The summed E-state index contributed by atoms with van der Waals surface area (Å²) in [5.74, 6) is 0. The Kier molecular flexibility index (Phi) is 2.68. The number of fused-ring (bicyclic) bond motifs is 1. The predicted octanol–water partition coefficient (Wildman–Crippen LogP) is 1.80. The number of hydrogen-bond acceptors (Lipinski definition) is 3. The van der Waals surface area contributed by atoms with Crippen LogP contribution < -0.4 is 5.73 Å². The molecule has 1 aliphatic carbocycles. The first-order valence-corrected chi connectivity index (χ1v) is 5.18. The van der Waals surface area contributed by atoms with E-state index in [4.69, 9.17) is 5.73 Å². The fraction of sp³-hybridized carbons (Fsp3) is 0.455. The van der Waals surface area contributed by atoms with Gasteiger partial charge in [0.2, 0.25) is 0 Å². The Labute approximate surface area is 88.2 Å². The molecule has 0 bridgehead atoms. The lowest BCUT2D eigenvalue weighted by atomic mass is 10.0. The quantitative estimate of drug-likeness (QED) is 0.432. The van der Waals surface area contributed by atoms with E-state index in [0.29, 0.717) is 0 Å². The molecule has 4 nitrogen and oxygen atoms in total. The minimum Gasteiger partial charge on any atom is -0.328 e. The lowest BCUT2D eigenvalue weighted by Crippen LogP contribution is -2.19. The Morgan fingerprint density at radius 1 is 1.27 bits per heavy atom. The van der Waals surface area contributed by atoms with Crippen LogP contribution >= 0.6 is 0 Å². The normalized spacial score (nSPS) is 20.5. The summed E-state index contributed by atoms with van der Waals surface area (Å²) in [7, 11) is 0. The first kappa shape index (κ1) is 10.1. The molecule has 0 fully saturated rings. The van der Waals surface area contributed by atoms with E-state index in [0.717, 1.165) is 31.2 Å². The third-order valence-electron chi connectivity index (χ3n) is 2.97. The van der Waals surface area contributed by atoms with Crippen LogP contribution in [0.15, 0.2) is 18.2 Å². The monoisotopic (exact) mass is 206 g/mol. The van der Waals surface area contributed by atoms with Crippen molar-refractivity contribution in [3.05, 3.63) is 39.4 Å². The Morgan fingerprint density at radius 2 is 1.93 bits per heavy atom. The van der Waals surface area contributed by atoms with Crippen LogP contribution in [-0.4, -0.2) is 11.0 Å². The molecule has 0 heterocycles. The van der Waals surface area contributed by atoms with Crippen LogP contribution in [-0.2, 0) is 12.8 Å². The summed E-state index contributed by atoms with van der Waals surface area (Å²) in [5.41, 5.74) is 8.37. The van der Waals surface area contributed by atoms with Gasteiger partial charge in [-0.15, -0.1) is 0 Å². The molecule has 0 aromatic heterocycles. The Hall–Kier alpha value is -1.42. The van der Waals surface area contributed by atoms with Crippen LogP contribution in [0.4, 0.5) is 5.69 Å². The fourth-order valence-electron chi connectivity index (χ4n) is 2.03. The summed E-state index contributed by atoms with van der Waals surface area (Å²) in [5, 5.41) is 10.6. The maximum absolute atomic E-state index is 10.6. The third-order valence-corrected chi connectivity index (χ3v) is 2.97. The maximum atomic E-state index is 10.6. The average Bonchev–Trinajstić information content (AvgIpc) is 2.40. The third kappa shape index (κ3) is 2.15. The van der Waals surface area contributed by atoms with Crippen molar-refractivity contribution < 1.29 is 4.92 Å². The van der Waals surface area contributed by atoms with E-state index in [1.807, 2.05) is 6.07 Å². The highest BCUT2D eigenvalue weighted by atomic mass is 16.6. The van der Waals surface area contributed by atoms with Crippen LogP contribution in [0.25, 0.3) is 0 Å². The number of rotatable bonds is 1. The number of nitrogens with two attached hydrogens (primary N) is 1. The van der Waals surface area contributed by atoms with Gasteiger partial charge in [0.05, 0.1) is 4.92 Å². The molecule has 0 radical (unpaired) electrons. The average molecular weight is 206 g/mol. The summed E-state index contributed by atoms with van der Waals surface area (Å²) >= 11 is 0. The smallest absolute Gasteiger partial charge is 0.269 e. The molecule has 0 aliphatic heterocycles. The highest BCUT2D eigenvalue weighted by molar-refractivity contribution is 5.40. The fourth-order valence-corrected chi connectivity index (χ4v) is 2.03. The van der Waals surface area contributed by atoms with Gasteiger partial charge in [-0.2, -0.15) is 0 Å². The van der Waals surface area contributed by atoms with E-state index in [9.17, 15) is 10.1 Å². The van der Waals surface area contributed by atoms with Crippen molar-refractivity contribution in [3.63, 3.8) is 0 Å². The molecule has 1 aliphatic rings. The minimum absolute atomic E-state index is 0.184. The molecular weight excluding hydrogens is 192 g/mol. The van der Waals surface area contributed by atoms with E-state index in [1.54, 1.807) is 12.1 Å². The Morgan fingerprint density at radius 3 is 2.60 bits per heavy atom. The second kappa shape index (κ2) is 3.98. The zero-order chi connectivity index (χ0) is 10.8. The molecule has 15 heavy (non-hydrogen) atoms. The van der Waals surface area contributed by atoms with Gasteiger partial charge in [0.25, 0.3) is 5.69 Å². The molecule has 0 saturated heterocycles. The standard InChI is InChI=1S/C11H14N2O2/c12-10-4-1-8-3-6-11(13(14)15)7-9(8)2-5-10/h3,6-7,10H,1-2,4-5,12H2/t10-/m0/s1. The topological polar surface area (TPSA) is 69.2 Å². The van der Waals surface area contributed by atoms with Crippen molar-refractivity contribution in [1.29, 1.82) is 0 Å². The second-order valence-corrected chi connectivity index (χ2v) is 4.05. The van der Waals surface area contributed by atoms with Gasteiger partial charge in [0.1, 0.15) is 0 Å². The molecule has 0 amide bonds. The van der Waals surface area contributed by atoms with Crippen LogP contribution in [0, 0.1) is 10.1 Å². The lowest BCUT2D eigenvalue weighted by Gasteiger charge is -2.03. The van der Waals surface area contributed by atoms with Crippen molar-refractivity contribution in [3.8, 4) is 0 Å². The first-order valence-electron chi connectivity index (χ1n) is 5.18. The molecule has 80 valence electrons. The molecule has 1 atom stereocenters. The van der Waals surface area contributed by atoms with Gasteiger partial charge >= 0.3 is 0 Å². The van der Waals surface area contributed by atoms with Crippen molar-refractivity contribution >= 4 is 5.69 Å². The SMILES string of the molecule is N[C@H]1CCc2ccc([N+](=O)[O-])cc2CC1. The molecule has 4 heteroatoms. The molecule has 2 rings (SSSR count). The van der Waals surface area contributed by atoms with Gasteiger partial charge in [-0.25, -0.2) is 0 Å². The zero-order valence-corrected chi connectivity index (χ0v) is 8.48. The predicted molar refractivity (Wildman–Crippen MR) is 57.7 cm³/mol. The van der Waals surface area contributed by atoms with Gasteiger partial charge < -0.3 is 5.73 Å². The highest BCUT2D eigenvalue weighted by Gasteiger charge is 2.15. The number of nitrogens with zero attached hydrogens (tertiary/aromatic N) is 1. The van der Waals surface area contributed by atoms with E-state index >= 15 is 0 Å². The van der Waals surface area contributed by atoms with E-state index in [-0.39, 0.29) is 16.7 Å². The van der Waals surface area contributed by atoms with Crippen LogP contribution in [0.3, 0.4) is 0 Å². The summed E-state index contributed by atoms with van der Waals surface area (Å²) in [4.78, 5) is 10.3. The minimum atomic E-state index is -0.342. The number of benzene rings is 1. The number of nitro benzene ring substituents is 1. The van der Waals surface area contributed by atoms with E-state index in [2.05, 4.69) is 0 Å². The van der Waals surface area contributed by atoms with Crippen molar-refractivity contribution in [2.45, 2.75) is 31.7 Å².